The van der Waals surface area contributed by atoms with Gasteiger partial charge >= 0.3 is 185 Å². The Balaban J connectivity index is 1.35. The molecule has 0 saturated carbocycles. The number of hydrogen-bond donors (Lipinski definition) is 3. The van der Waals surface area contributed by atoms with E-state index in [0.717, 1.165) is 22.0 Å². The normalized spacial score (nSPS) is 10.9. The summed E-state index contributed by atoms with van der Waals surface area (Å²) in [5, 5.41) is 7.29. The Hall–Kier alpha value is -2.86. The number of anilines is 2. The Labute approximate surface area is 184 Å². The van der Waals surface area contributed by atoms with Gasteiger partial charge in [0.2, 0.25) is 0 Å². The molecule has 0 radical (unpaired) electrons. The number of benzene rings is 2. The van der Waals surface area contributed by atoms with Crippen molar-refractivity contribution in [3.8, 4) is 0 Å². The number of aryl methyl sites for hydroxylation is 2. The van der Waals surface area contributed by atoms with E-state index in [0.29, 0.717) is 32.7 Å². The van der Waals surface area contributed by atoms with E-state index in [4.69, 9.17) is 11.6 Å². The van der Waals surface area contributed by atoms with Gasteiger partial charge in [0, 0.05) is 0 Å². The molecule has 0 bridgehead atoms. The molecule has 0 spiro atoms. The van der Waals surface area contributed by atoms with Crippen LogP contribution in [0, 0.1) is 6.92 Å². The van der Waals surface area contributed by atoms with E-state index in [-0.39, 0.29) is 26.3 Å². The zero-order valence-corrected chi connectivity index (χ0v) is 18.6. The molecule has 8 heteroatoms. The first-order valence-electron chi connectivity index (χ1n) is 9.38. The van der Waals surface area contributed by atoms with Gasteiger partial charge in [-0.15, -0.1) is 0 Å². The average molecular weight is 486 g/mol. The average Bonchev–Trinajstić information content (AvgIpc) is 3.36. The molecule has 6 nitrogen and oxygen atoms in total. The number of fused-ring (bicyclic) bond motifs is 1. The third-order valence-corrected chi connectivity index (χ3v) is 6.96. The van der Waals surface area contributed by atoms with Gasteiger partial charge in [-0.1, -0.05) is 0 Å². The van der Waals surface area contributed by atoms with Gasteiger partial charge in [-0.2, -0.15) is 0 Å². The number of carbonyl (C=O) groups is 2. The van der Waals surface area contributed by atoms with Crippen molar-refractivity contribution in [2.45, 2.75) is 19.8 Å². The summed E-state index contributed by atoms with van der Waals surface area (Å²) in [5.41, 5.74) is 3.64. The number of aromatic nitrogens is 2. The summed E-state index contributed by atoms with van der Waals surface area (Å²) in [4.78, 5) is 32.3. The van der Waals surface area contributed by atoms with Crippen molar-refractivity contribution in [3.63, 3.8) is 0 Å². The van der Waals surface area contributed by atoms with Gasteiger partial charge in [0.25, 0.3) is 0 Å². The van der Waals surface area contributed by atoms with Gasteiger partial charge in [-0.25, -0.2) is 0 Å². The van der Waals surface area contributed by atoms with Gasteiger partial charge in [0.15, 0.2) is 0 Å². The van der Waals surface area contributed by atoms with Crippen LogP contribution in [0.25, 0.3) is 10.9 Å². The molecule has 30 heavy (non-hydrogen) atoms. The molecule has 4 rings (SSSR count). The van der Waals surface area contributed by atoms with Crippen molar-refractivity contribution < 1.29 is 9.59 Å². The molecule has 2 aromatic carbocycles. The fourth-order valence-electron chi connectivity index (χ4n) is 3.17. The number of para-hydroxylation sites is 2. The minimum absolute atomic E-state index is 0.113. The van der Waals surface area contributed by atoms with Crippen molar-refractivity contribution in [3.05, 3.63) is 75.4 Å². The predicted octanol–water partition coefficient (Wildman–Crippen LogP) is 4.41. The second kappa shape index (κ2) is 8.88. The van der Waals surface area contributed by atoms with E-state index in [1.54, 1.807) is 6.07 Å². The monoisotopic (exact) mass is 486 g/mol. The molecular formula is C22H19ClN4O2Se. The van der Waals surface area contributed by atoms with Gasteiger partial charge in [0.05, 0.1) is 0 Å². The van der Waals surface area contributed by atoms with Crippen molar-refractivity contribution >= 4 is 59.2 Å². The molecule has 3 N–H and O–H groups in total. The zero-order valence-electron chi connectivity index (χ0n) is 16.2. The minimum atomic E-state index is -0.365. The van der Waals surface area contributed by atoms with Crippen LogP contribution in [-0.4, -0.2) is 36.3 Å². The van der Waals surface area contributed by atoms with Gasteiger partial charge in [-0.3, -0.25) is 0 Å². The van der Waals surface area contributed by atoms with Crippen molar-refractivity contribution in [1.82, 2.24) is 9.97 Å². The van der Waals surface area contributed by atoms with E-state index < -0.39 is 0 Å². The number of H-pyrrole nitrogens is 1. The van der Waals surface area contributed by atoms with E-state index in [1.165, 1.54) is 6.20 Å². The predicted molar refractivity (Wildman–Crippen MR) is 121 cm³/mol. The molecule has 2 heterocycles. The standard InChI is InChI=1S/C22H19ClN4O2Se/c1-13-5-4-7-16(23)20(13)27-21(29)18-12-25-22(30-18)26-19(28)10-9-14-11-24-17-8-3-2-6-15(14)17/h2-8,11-12,24H,9-10H2,1H3,(H,27,29)(H,25,26,28). The molecular weight excluding hydrogens is 467 g/mol. The van der Waals surface area contributed by atoms with E-state index in [1.807, 2.05) is 49.5 Å². The first-order chi connectivity index (χ1) is 14.5. The number of halogens is 1. The summed E-state index contributed by atoms with van der Waals surface area (Å²) in [5.74, 6) is -0.365. The summed E-state index contributed by atoms with van der Waals surface area (Å²) in [6.45, 7) is 1.88. The second-order valence-corrected chi connectivity index (χ2v) is 9.39. The van der Waals surface area contributed by atoms with Gasteiger partial charge in [-0.05, 0) is 0 Å². The first-order valence-corrected chi connectivity index (χ1v) is 11.5. The third kappa shape index (κ3) is 4.49. The first kappa shape index (κ1) is 20.4. The van der Waals surface area contributed by atoms with Crippen LogP contribution in [0.5, 0.6) is 0 Å². The van der Waals surface area contributed by atoms with Crippen LogP contribution < -0.4 is 10.6 Å². The number of nitrogens with one attached hydrogen (secondary N) is 3. The molecule has 0 aliphatic heterocycles. The Bertz CT molecular complexity index is 1210. The molecule has 4 aromatic rings. The maximum absolute atomic E-state index is 12.5. The quantitative estimate of drug-likeness (QED) is 0.354. The van der Waals surface area contributed by atoms with Crippen LogP contribution in [0.3, 0.4) is 0 Å². The third-order valence-electron chi connectivity index (χ3n) is 4.73. The Kier molecular flexibility index (Phi) is 6.04. The summed E-state index contributed by atoms with van der Waals surface area (Å²) in [6.07, 6.45) is 4.42. The fraction of sp³-hybridized carbons (Fsp3) is 0.136. The molecule has 2 amide bonds. The second-order valence-electron chi connectivity index (χ2n) is 6.82. The van der Waals surface area contributed by atoms with E-state index in [9.17, 15) is 9.59 Å². The van der Waals surface area contributed by atoms with Crippen LogP contribution in [0.15, 0.2) is 54.9 Å². The summed E-state index contributed by atoms with van der Waals surface area (Å²) in [6, 6.07) is 13.5. The fourth-order valence-corrected chi connectivity index (χ4v) is 4.97. The molecule has 2 aromatic heterocycles. The van der Waals surface area contributed by atoms with Gasteiger partial charge < -0.3 is 0 Å². The molecule has 0 aliphatic carbocycles. The number of hydrogen-bond acceptors (Lipinski definition) is 3. The molecule has 0 saturated heterocycles. The molecule has 0 atom stereocenters. The van der Waals surface area contributed by atoms with Crippen LogP contribution in [0.4, 0.5) is 10.4 Å². The topological polar surface area (TPSA) is 86.9 Å². The number of aromatic amines is 1. The zero-order chi connectivity index (χ0) is 21.1. The van der Waals surface area contributed by atoms with Crippen LogP contribution >= 0.6 is 11.6 Å². The van der Waals surface area contributed by atoms with Crippen LogP contribution in [0.1, 0.15) is 26.8 Å². The molecule has 0 unspecified atom stereocenters. The maximum atomic E-state index is 12.5. The van der Waals surface area contributed by atoms with Gasteiger partial charge in [0.1, 0.15) is 0 Å². The van der Waals surface area contributed by atoms with Crippen molar-refractivity contribution in [2.75, 3.05) is 10.6 Å². The molecule has 152 valence electrons. The Morgan fingerprint density at radius 3 is 2.80 bits per heavy atom. The number of amides is 2. The number of rotatable bonds is 6. The summed E-state index contributed by atoms with van der Waals surface area (Å²) < 4.78 is 1.07. The summed E-state index contributed by atoms with van der Waals surface area (Å²) >= 11 is 5.81. The summed E-state index contributed by atoms with van der Waals surface area (Å²) in [7, 11) is 0. The van der Waals surface area contributed by atoms with Crippen LogP contribution in [0.2, 0.25) is 5.02 Å². The molecule has 0 aliphatic rings. The Morgan fingerprint density at radius 2 is 1.97 bits per heavy atom. The number of carbonyl (C=O) groups excluding carboxylic acids is 2. The van der Waals surface area contributed by atoms with Crippen molar-refractivity contribution in [1.29, 1.82) is 0 Å². The van der Waals surface area contributed by atoms with Crippen molar-refractivity contribution in [2.24, 2.45) is 0 Å². The Morgan fingerprint density at radius 1 is 1.13 bits per heavy atom. The van der Waals surface area contributed by atoms with Crippen LogP contribution in [-0.2, 0) is 11.2 Å². The SMILES string of the molecule is Cc1cccc(Cl)c1NC(=O)c1cnc(NC(=O)CCc2c[nH]c3ccccc23)[se]1. The number of nitrogens with zero attached hydrogens (tertiary/aromatic N) is 1. The van der Waals surface area contributed by atoms with E-state index >= 15 is 0 Å². The molecule has 0 fully saturated rings. The van der Waals surface area contributed by atoms with E-state index in [2.05, 4.69) is 20.6 Å².